The molecule has 0 heterocycles. The molecule has 2 N–H and O–H groups in total. The van der Waals surface area contributed by atoms with E-state index in [1.165, 1.54) is 5.98 Å². The van der Waals surface area contributed by atoms with Crippen molar-refractivity contribution in [1.82, 2.24) is 0 Å². The van der Waals surface area contributed by atoms with Gasteiger partial charge in [0.15, 0.2) is 0 Å². The van der Waals surface area contributed by atoms with E-state index in [0.29, 0.717) is 5.92 Å². The van der Waals surface area contributed by atoms with Crippen LogP contribution in [0, 0.1) is 5.92 Å². The molecule has 0 rings (SSSR count). The van der Waals surface area contributed by atoms with Gasteiger partial charge >= 0.3 is 7.12 Å². The molecule has 0 aromatic heterocycles. The minimum absolute atomic E-state index is 0.451. The summed E-state index contributed by atoms with van der Waals surface area (Å²) in [5, 5.41) is 16.9. The number of hydrogen-bond donors (Lipinski definition) is 2. The Bertz CT molecular complexity index is 102. The van der Waals surface area contributed by atoms with Gasteiger partial charge in [-0.25, -0.2) is 0 Å². The van der Waals surface area contributed by atoms with Crippen LogP contribution >= 0.6 is 0 Å². The number of hydrogen-bond acceptors (Lipinski definition) is 2. The minimum Gasteiger partial charge on any atom is -0.424 e. The summed E-state index contributed by atoms with van der Waals surface area (Å²) in [5.41, 5.74) is 0. The van der Waals surface area contributed by atoms with Crippen molar-refractivity contribution < 1.29 is 10.0 Å². The zero-order chi connectivity index (χ0) is 7.98. The summed E-state index contributed by atoms with van der Waals surface area (Å²) in [4.78, 5) is 0. The quantitative estimate of drug-likeness (QED) is 0.574. The average molecular weight is 142 g/mol. The zero-order valence-electron chi connectivity index (χ0n) is 6.62. The molecule has 0 radical (unpaired) electrons. The molecule has 0 fully saturated rings. The summed E-state index contributed by atoms with van der Waals surface area (Å²) in [5.74, 6) is 1.85. The van der Waals surface area contributed by atoms with Gasteiger partial charge in [0.1, 0.15) is 0 Å². The Morgan fingerprint density at radius 3 is 2.50 bits per heavy atom. The standard InChI is InChI=1S/C7H15BO2/c1-3-4-7(2)5-6-8(9)10/h5-7,9-10H,3-4H2,1-2H3/b6-5+. The lowest BCUT2D eigenvalue weighted by Crippen LogP contribution is -2.06. The Kier molecular flexibility index (Phi) is 5.35. The SMILES string of the molecule is CCCC(C)/C=C/B(O)O. The van der Waals surface area contributed by atoms with Gasteiger partial charge in [-0.05, 0) is 12.3 Å². The molecule has 1 unspecified atom stereocenters. The Morgan fingerprint density at radius 1 is 1.50 bits per heavy atom. The Balaban J connectivity index is 3.45. The highest BCUT2D eigenvalue weighted by Gasteiger charge is 2.00. The van der Waals surface area contributed by atoms with Crippen molar-refractivity contribution in [2.75, 3.05) is 0 Å². The second-order valence-corrected chi connectivity index (χ2v) is 2.56. The number of rotatable bonds is 4. The highest BCUT2D eigenvalue weighted by molar-refractivity contribution is 6.47. The third-order valence-corrected chi connectivity index (χ3v) is 1.36. The van der Waals surface area contributed by atoms with Gasteiger partial charge in [-0.1, -0.05) is 32.3 Å². The van der Waals surface area contributed by atoms with Gasteiger partial charge in [-0.15, -0.1) is 0 Å². The molecule has 10 heavy (non-hydrogen) atoms. The van der Waals surface area contributed by atoms with Crippen molar-refractivity contribution in [3.8, 4) is 0 Å². The molecule has 0 aliphatic heterocycles. The van der Waals surface area contributed by atoms with Gasteiger partial charge in [-0.2, -0.15) is 0 Å². The molecule has 3 heteroatoms. The maximum Gasteiger partial charge on any atom is 0.480 e. The molecular weight excluding hydrogens is 127 g/mol. The number of allylic oxidation sites excluding steroid dienone is 1. The predicted octanol–water partition coefficient (Wildman–Crippen LogP) is 0.991. The van der Waals surface area contributed by atoms with Gasteiger partial charge in [0.05, 0.1) is 0 Å². The van der Waals surface area contributed by atoms with Crippen molar-refractivity contribution in [1.29, 1.82) is 0 Å². The molecule has 0 aromatic rings. The Hall–Kier alpha value is -0.275. The molecule has 2 nitrogen and oxygen atoms in total. The topological polar surface area (TPSA) is 40.5 Å². The summed E-state index contributed by atoms with van der Waals surface area (Å²) in [6.45, 7) is 4.17. The fourth-order valence-electron chi connectivity index (χ4n) is 0.841. The van der Waals surface area contributed by atoms with Crippen molar-refractivity contribution in [2.24, 2.45) is 5.92 Å². The second-order valence-electron chi connectivity index (χ2n) is 2.56. The molecule has 0 saturated heterocycles. The third-order valence-electron chi connectivity index (χ3n) is 1.36. The lowest BCUT2D eigenvalue weighted by molar-refractivity contribution is 0.423. The van der Waals surface area contributed by atoms with Crippen molar-refractivity contribution in [3.05, 3.63) is 12.1 Å². The molecule has 0 saturated carbocycles. The normalized spacial score (nSPS) is 14.0. The van der Waals surface area contributed by atoms with Crippen LogP contribution in [0.1, 0.15) is 26.7 Å². The van der Waals surface area contributed by atoms with Crippen LogP contribution in [0.15, 0.2) is 12.1 Å². The first-order chi connectivity index (χ1) is 4.66. The Labute approximate surface area is 62.7 Å². The third kappa shape index (κ3) is 5.85. The first kappa shape index (κ1) is 9.72. The molecule has 0 aromatic carbocycles. The van der Waals surface area contributed by atoms with E-state index in [9.17, 15) is 0 Å². The van der Waals surface area contributed by atoms with Gasteiger partial charge < -0.3 is 10.0 Å². The smallest absolute Gasteiger partial charge is 0.424 e. The summed E-state index contributed by atoms with van der Waals surface area (Å²) in [6.07, 6.45) is 4.06. The molecular formula is C7H15BO2. The van der Waals surface area contributed by atoms with Gasteiger partial charge in [0.25, 0.3) is 0 Å². The van der Waals surface area contributed by atoms with Crippen LogP contribution in [-0.4, -0.2) is 17.2 Å². The molecule has 1 atom stereocenters. The zero-order valence-corrected chi connectivity index (χ0v) is 6.62. The van der Waals surface area contributed by atoms with Crippen molar-refractivity contribution >= 4 is 7.12 Å². The Morgan fingerprint density at radius 2 is 2.10 bits per heavy atom. The monoisotopic (exact) mass is 142 g/mol. The van der Waals surface area contributed by atoms with Crippen LogP contribution in [0.25, 0.3) is 0 Å². The maximum atomic E-state index is 8.44. The molecule has 58 valence electrons. The van der Waals surface area contributed by atoms with E-state index in [1.54, 1.807) is 0 Å². The van der Waals surface area contributed by atoms with E-state index >= 15 is 0 Å². The summed E-state index contributed by atoms with van der Waals surface area (Å²) >= 11 is 0. The van der Waals surface area contributed by atoms with E-state index in [0.717, 1.165) is 12.8 Å². The largest absolute Gasteiger partial charge is 0.480 e. The first-order valence-electron chi connectivity index (χ1n) is 3.71. The lowest BCUT2D eigenvalue weighted by Gasteiger charge is -2.01. The molecule has 0 bridgehead atoms. The molecule has 0 aliphatic rings. The van der Waals surface area contributed by atoms with Crippen LogP contribution in [0.2, 0.25) is 0 Å². The van der Waals surface area contributed by atoms with Crippen molar-refractivity contribution in [2.45, 2.75) is 26.7 Å². The molecule has 0 spiro atoms. The maximum absolute atomic E-state index is 8.44. The second kappa shape index (κ2) is 5.51. The minimum atomic E-state index is -1.29. The average Bonchev–Trinajstić information content (AvgIpc) is 1.85. The van der Waals surface area contributed by atoms with E-state index in [1.807, 2.05) is 6.08 Å². The van der Waals surface area contributed by atoms with E-state index in [4.69, 9.17) is 10.0 Å². The van der Waals surface area contributed by atoms with Gasteiger partial charge in [0, 0.05) is 0 Å². The van der Waals surface area contributed by atoms with E-state index < -0.39 is 7.12 Å². The highest BCUT2D eigenvalue weighted by Crippen LogP contribution is 2.05. The highest BCUT2D eigenvalue weighted by atomic mass is 16.4. The first-order valence-corrected chi connectivity index (χ1v) is 3.71. The predicted molar refractivity (Wildman–Crippen MR) is 43.4 cm³/mol. The van der Waals surface area contributed by atoms with Gasteiger partial charge in [0.2, 0.25) is 0 Å². The summed E-state index contributed by atoms with van der Waals surface area (Å²) in [6, 6.07) is 0. The molecule has 0 amide bonds. The fraction of sp³-hybridized carbons (Fsp3) is 0.714. The van der Waals surface area contributed by atoms with Crippen LogP contribution in [0.4, 0.5) is 0 Å². The van der Waals surface area contributed by atoms with Crippen molar-refractivity contribution in [3.63, 3.8) is 0 Å². The van der Waals surface area contributed by atoms with Crippen LogP contribution < -0.4 is 0 Å². The summed E-state index contributed by atoms with van der Waals surface area (Å²) < 4.78 is 0. The van der Waals surface area contributed by atoms with E-state index in [-0.39, 0.29) is 0 Å². The fourth-order valence-corrected chi connectivity index (χ4v) is 0.841. The molecule has 0 aliphatic carbocycles. The van der Waals surface area contributed by atoms with Crippen LogP contribution in [-0.2, 0) is 0 Å². The van der Waals surface area contributed by atoms with Crippen LogP contribution in [0.3, 0.4) is 0 Å². The lowest BCUT2D eigenvalue weighted by atomic mass is 9.89. The van der Waals surface area contributed by atoms with Gasteiger partial charge in [-0.3, -0.25) is 0 Å². The van der Waals surface area contributed by atoms with Crippen LogP contribution in [0.5, 0.6) is 0 Å². The van der Waals surface area contributed by atoms with E-state index in [2.05, 4.69) is 13.8 Å². The summed E-state index contributed by atoms with van der Waals surface area (Å²) in [7, 11) is -1.29.